The summed E-state index contributed by atoms with van der Waals surface area (Å²) in [4.78, 5) is 11.0. The normalized spacial score (nSPS) is 11.3. The molecule has 0 aliphatic heterocycles. The van der Waals surface area contributed by atoms with Crippen molar-refractivity contribution in [3.05, 3.63) is 46.0 Å². The Morgan fingerprint density at radius 3 is 2.55 bits per heavy atom. The number of rotatable bonds is 4. The van der Waals surface area contributed by atoms with E-state index in [0.717, 1.165) is 29.5 Å². The Morgan fingerprint density at radius 2 is 2.00 bits per heavy atom. The molecule has 0 bridgehead atoms. The Bertz CT molecular complexity index is 772. The van der Waals surface area contributed by atoms with Crippen molar-refractivity contribution in [3.63, 3.8) is 0 Å². The quantitative estimate of drug-likeness (QED) is 0.899. The molecule has 0 saturated carbocycles. The molecule has 1 aromatic carbocycles. The van der Waals surface area contributed by atoms with Crippen molar-refractivity contribution in [1.82, 2.24) is 0 Å². The third kappa shape index (κ3) is 3.09. The second-order valence-corrected chi connectivity index (χ2v) is 7.28. The van der Waals surface area contributed by atoms with E-state index in [1.54, 1.807) is 0 Å². The first-order valence-corrected chi connectivity index (χ1v) is 7.78. The molecule has 0 atom stereocenters. The van der Waals surface area contributed by atoms with Gasteiger partial charge in [0.2, 0.25) is 0 Å². The lowest BCUT2D eigenvalue weighted by Gasteiger charge is -2.09. The van der Waals surface area contributed by atoms with Gasteiger partial charge in [0.05, 0.1) is 15.6 Å². The van der Waals surface area contributed by atoms with E-state index in [9.17, 15) is 17.6 Å². The second kappa shape index (κ2) is 5.39. The Kier molecular flexibility index (Phi) is 3.98. The van der Waals surface area contributed by atoms with Gasteiger partial charge in [-0.05, 0) is 30.3 Å². The van der Waals surface area contributed by atoms with Gasteiger partial charge in [-0.2, -0.15) is 0 Å². The van der Waals surface area contributed by atoms with Crippen molar-refractivity contribution < 1.29 is 22.7 Å². The molecule has 0 aliphatic carbocycles. The molecule has 2 rings (SSSR count). The number of anilines is 1. The molecule has 0 spiro atoms. The number of halogens is 2. The van der Waals surface area contributed by atoms with Gasteiger partial charge < -0.3 is 5.11 Å². The third-order valence-corrected chi connectivity index (χ3v) is 5.36. The second-order valence-electron chi connectivity index (χ2n) is 3.66. The third-order valence-electron chi connectivity index (χ3n) is 2.27. The summed E-state index contributed by atoms with van der Waals surface area (Å²) >= 11 is 6.48. The average molecular weight is 336 g/mol. The van der Waals surface area contributed by atoms with Gasteiger partial charge in [-0.15, -0.1) is 11.3 Å². The van der Waals surface area contributed by atoms with Crippen LogP contribution in [-0.2, 0) is 10.0 Å². The number of benzene rings is 1. The fourth-order valence-electron chi connectivity index (χ4n) is 1.42. The predicted octanol–water partition coefficient (Wildman–Crippen LogP) is 3.04. The molecule has 2 N–H and O–H groups in total. The average Bonchev–Trinajstić information content (AvgIpc) is 2.78. The molecule has 0 saturated heterocycles. The van der Waals surface area contributed by atoms with Crippen LogP contribution in [0.15, 0.2) is 34.5 Å². The van der Waals surface area contributed by atoms with E-state index in [4.69, 9.17) is 16.7 Å². The molecule has 1 aromatic heterocycles. The van der Waals surface area contributed by atoms with Crippen molar-refractivity contribution >= 4 is 44.6 Å². The largest absolute Gasteiger partial charge is 0.478 e. The van der Waals surface area contributed by atoms with Crippen LogP contribution in [0.5, 0.6) is 0 Å². The zero-order chi connectivity index (χ0) is 14.9. The zero-order valence-corrected chi connectivity index (χ0v) is 12.0. The number of hydrogen-bond donors (Lipinski definition) is 2. The number of sulfonamides is 1. The molecule has 106 valence electrons. The van der Waals surface area contributed by atoms with Gasteiger partial charge in [0.15, 0.2) is 0 Å². The van der Waals surface area contributed by atoms with Crippen molar-refractivity contribution in [2.75, 3.05) is 4.72 Å². The number of carbonyl (C=O) groups is 1. The molecular formula is C11H7ClFNO4S2. The van der Waals surface area contributed by atoms with Gasteiger partial charge in [0, 0.05) is 0 Å². The van der Waals surface area contributed by atoms with Gasteiger partial charge in [0.25, 0.3) is 10.0 Å². The zero-order valence-electron chi connectivity index (χ0n) is 9.63. The lowest BCUT2D eigenvalue weighted by atomic mass is 10.2. The first-order chi connectivity index (χ1) is 9.29. The van der Waals surface area contributed by atoms with E-state index in [0.29, 0.717) is 0 Å². The smallest absolute Gasteiger partial charge is 0.337 e. The van der Waals surface area contributed by atoms with Crippen molar-refractivity contribution in [1.29, 1.82) is 0 Å². The summed E-state index contributed by atoms with van der Waals surface area (Å²) < 4.78 is 39.4. The first-order valence-electron chi connectivity index (χ1n) is 5.10. The highest BCUT2D eigenvalue weighted by Gasteiger charge is 2.20. The van der Waals surface area contributed by atoms with Gasteiger partial charge in [0.1, 0.15) is 10.0 Å². The van der Waals surface area contributed by atoms with E-state index < -0.39 is 27.4 Å². The van der Waals surface area contributed by atoms with Gasteiger partial charge in [-0.1, -0.05) is 11.6 Å². The van der Waals surface area contributed by atoms with Crippen molar-refractivity contribution in [2.24, 2.45) is 0 Å². The Morgan fingerprint density at radius 1 is 1.30 bits per heavy atom. The van der Waals surface area contributed by atoms with Crippen LogP contribution in [0.4, 0.5) is 10.1 Å². The molecule has 0 radical (unpaired) electrons. The molecule has 0 unspecified atom stereocenters. The molecule has 20 heavy (non-hydrogen) atoms. The number of carboxylic acids is 1. The minimum absolute atomic E-state index is 0.0665. The number of carboxylic acid groups (broad SMARTS) is 1. The molecule has 1 heterocycles. The Hall–Kier alpha value is -1.64. The number of hydrogen-bond acceptors (Lipinski definition) is 4. The molecular weight excluding hydrogens is 329 g/mol. The summed E-state index contributed by atoms with van der Waals surface area (Å²) in [6, 6.07) is 5.45. The molecule has 0 amide bonds. The van der Waals surface area contributed by atoms with Crippen LogP contribution >= 0.6 is 22.9 Å². The van der Waals surface area contributed by atoms with E-state index in [2.05, 4.69) is 4.72 Å². The topological polar surface area (TPSA) is 83.5 Å². The van der Waals surface area contributed by atoms with Gasteiger partial charge in [-0.25, -0.2) is 17.6 Å². The number of nitrogens with one attached hydrogen (secondary N) is 1. The van der Waals surface area contributed by atoms with Gasteiger partial charge in [-0.3, -0.25) is 4.72 Å². The maximum Gasteiger partial charge on any atom is 0.337 e. The van der Waals surface area contributed by atoms with Crippen LogP contribution < -0.4 is 4.72 Å². The summed E-state index contributed by atoms with van der Waals surface area (Å²) in [5, 5.41) is 8.94. The highest BCUT2D eigenvalue weighted by Crippen LogP contribution is 2.28. The Labute approximate surface area is 122 Å². The fraction of sp³-hybridized carbons (Fsp3) is 0. The van der Waals surface area contributed by atoms with Crippen LogP contribution in [0.3, 0.4) is 0 Å². The van der Waals surface area contributed by atoms with E-state index in [1.165, 1.54) is 12.1 Å². The van der Waals surface area contributed by atoms with Crippen molar-refractivity contribution in [2.45, 2.75) is 4.21 Å². The molecule has 9 heteroatoms. The SMILES string of the molecule is O=C(O)c1cc(F)ccc1NS(=O)(=O)c1ccc(Cl)s1. The summed E-state index contributed by atoms with van der Waals surface area (Å²) in [5.41, 5.74) is -0.695. The lowest BCUT2D eigenvalue weighted by Crippen LogP contribution is -2.14. The number of thiophene rings is 1. The van der Waals surface area contributed by atoms with Crippen molar-refractivity contribution in [3.8, 4) is 0 Å². The molecule has 0 aliphatic rings. The maximum atomic E-state index is 13.0. The van der Waals surface area contributed by atoms with E-state index >= 15 is 0 Å². The fourth-order valence-corrected chi connectivity index (χ4v) is 3.98. The summed E-state index contributed by atoms with van der Waals surface area (Å²) in [6.45, 7) is 0. The van der Waals surface area contributed by atoms with Gasteiger partial charge >= 0.3 is 5.97 Å². The van der Waals surface area contributed by atoms with Crippen LogP contribution in [0.25, 0.3) is 0 Å². The standard InChI is InChI=1S/C11H7ClFNO4S2/c12-9-3-4-10(19-9)20(17,18)14-8-2-1-6(13)5-7(8)11(15)16/h1-5,14H,(H,15,16). The summed E-state index contributed by atoms with van der Waals surface area (Å²) in [6.07, 6.45) is 0. The summed E-state index contributed by atoms with van der Waals surface area (Å²) in [5.74, 6) is -2.21. The highest BCUT2D eigenvalue weighted by molar-refractivity contribution is 7.94. The number of aromatic carboxylic acids is 1. The highest BCUT2D eigenvalue weighted by atomic mass is 35.5. The van der Waals surface area contributed by atoms with Crippen LogP contribution in [0.2, 0.25) is 4.34 Å². The lowest BCUT2D eigenvalue weighted by molar-refractivity contribution is 0.0697. The molecule has 5 nitrogen and oxygen atoms in total. The monoisotopic (exact) mass is 335 g/mol. The van der Waals surface area contributed by atoms with E-state index in [1.807, 2.05) is 0 Å². The minimum atomic E-state index is -3.96. The Balaban J connectivity index is 2.42. The maximum absolute atomic E-state index is 13.0. The van der Waals surface area contributed by atoms with Crippen LogP contribution in [0.1, 0.15) is 10.4 Å². The van der Waals surface area contributed by atoms with Crippen LogP contribution in [-0.4, -0.2) is 19.5 Å². The summed E-state index contributed by atoms with van der Waals surface area (Å²) in [7, 11) is -3.96. The van der Waals surface area contributed by atoms with E-state index in [-0.39, 0.29) is 14.2 Å². The minimum Gasteiger partial charge on any atom is -0.478 e. The van der Waals surface area contributed by atoms with Crippen LogP contribution in [0, 0.1) is 5.82 Å². The first kappa shape index (κ1) is 14.8. The predicted molar refractivity (Wildman–Crippen MR) is 73.5 cm³/mol. The molecule has 2 aromatic rings. The molecule has 0 fully saturated rings.